The van der Waals surface area contributed by atoms with Crippen molar-refractivity contribution in [3.63, 3.8) is 0 Å². The summed E-state index contributed by atoms with van der Waals surface area (Å²) in [6.07, 6.45) is 0. The van der Waals surface area contributed by atoms with Crippen LogP contribution in [0.25, 0.3) is 0 Å². The number of nitrogens with one attached hydrogen (secondary N) is 1. The number of hydrogen-bond donors (Lipinski definition) is 2. The number of phenolic OH excluding ortho intramolecular Hbond substituents is 1. The van der Waals surface area contributed by atoms with Crippen molar-refractivity contribution in [2.45, 2.75) is 6.54 Å². The van der Waals surface area contributed by atoms with Gasteiger partial charge in [0.2, 0.25) is 0 Å². The molecule has 2 amide bonds. The fraction of sp³-hybridized carbons (Fsp3) is 0.133. The highest BCUT2D eigenvalue weighted by atomic mass is 35.5. The molecular formula is C15H15ClN2O2. The Kier molecular flexibility index (Phi) is 4.48. The van der Waals surface area contributed by atoms with Crippen LogP contribution in [0.2, 0.25) is 5.02 Å². The quantitative estimate of drug-likeness (QED) is 0.910. The lowest BCUT2D eigenvalue weighted by Gasteiger charge is -2.18. The summed E-state index contributed by atoms with van der Waals surface area (Å²) in [6.45, 7) is 0.429. The third-order valence-corrected chi connectivity index (χ3v) is 3.15. The summed E-state index contributed by atoms with van der Waals surface area (Å²) in [5.41, 5.74) is 1.68. The number of phenols is 1. The van der Waals surface area contributed by atoms with Gasteiger partial charge in [0.05, 0.1) is 0 Å². The van der Waals surface area contributed by atoms with Gasteiger partial charge >= 0.3 is 6.03 Å². The van der Waals surface area contributed by atoms with Crippen molar-refractivity contribution in [2.24, 2.45) is 0 Å². The fourth-order valence-corrected chi connectivity index (χ4v) is 1.82. The van der Waals surface area contributed by atoms with Gasteiger partial charge in [0, 0.05) is 24.3 Å². The minimum absolute atomic E-state index is 0.170. The smallest absolute Gasteiger partial charge is 0.321 e. The maximum Gasteiger partial charge on any atom is 0.321 e. The molecule has 5 heteroatoms. The summed E-state index contributed by atoms with van der Waals surface area (Å²) >= 11 is 5.80. The van der Waals surface area contributed by atoms with Crippen LogP contribution in [0.1, 0.15) is 5.56 Å². The van der Waals surface area contributed by atoms with Gasteiger partial charge in [0.1, 0.15) is 5.75 Å². The maximum absolute atomic E-state index is 12.0. The van der Waals surface area contributed by atoms with Crippen molar-refractivity contribution in [1.82, 2.24) is 5.32 Å². The molecule has 0 unspecified atom stereocenters. The van der Waals surface area contributed by atoms with E-state index in [1.165, 1.54) is 17.0 Å². The van der Waals surface area contributed by atoms with E-state index in [-0.39, 0.29) is 11.8 Å². The van der Waals surface area contributed by atoms with Crippen LogP contribution < -0.4 is 10.2 Å². The number of carbonyl (C=O) groups is 1. The van der Waals surface area contributed by atoms with Gasteiger partial charge in [-0.2, -0.15) is 0 Å². The SMILES string of the molecule is CN(C(=O)NCc1ccc(Cl)cc1)c1ccc(O)cc1. The van der Waals surface area contributed by atoms with Gasteiger partial charge < -0.3 is 10.4 Å². The van der Waals surface area contributed by atoms with E-state index in [9.17, 15) is 9.90 Å². The predicted octanol–water partition coefficient (Wildman–Crippen LogP) is 3.39. The molecule has 2 aromatic carbocycles. The molecule has 0 spiro atoms. The Morgan fingerprint density at radius 3 is 2.35 bits per heavy atom. The zero-order valence-corrected chi connectivity index (χ0v) is 11.8. The average molecular weight is 291 g/mol. The normalized spacial score (nSPS) is 10.1. The highest BCUT2D eigenvalue weighted by Crippen LogP contribution is 2.17. The molecule has 4 nitrogen and oxygen atoms in total. The first-order chi connectivity index (χ1) is 9.56. The van der Waals surface area contributed by atoms with E-state index < -0.39 is 0 Å². The molecule has 0 bridgehead atoms. The van der Waals surface area contributed by atoms with Gasteiger partial charge in [-0.05, 0) is 42.0 Å². The molecule has 104 valence electrons. The molecule has 0 saturated heterocycles. The number of urea groups is 1. The van der Waals surface area contributed by atoms with Gasteiger partial charge in [0.15, 0.2) is 0 Å². The molecule has 0 aliphatic rings. The standard InChI is InChI=1S/C15H15ClN2O2/c1-18(13-6-8-14(19)9-7-13)15(20)17-10-11-2-4-12(16)5-3-11/h2-9,19H,10H2,1H3,(H,17,20). The van der Waals surface area contributed by atoms with Gasteiger partial charge in [-0.3, -0.25) is 4.90 Å². The summed E-state index contributed by atoms with van der Waals surface area (Å²) < 4.78 is 0. The Morgan fingerprint density at radius 2 is 1.75 bits per heavy atom. The van der Waals surface area contributed by atoms with E-state index in [1.807, 2.05) is 12.1 Å². The fourth-order valence-electron chi connectivity index (χ4n) is 1.69. The molecule has 0 saturated carbocycles. The lowest BCUT2D eigenvalue weighted by atomic mass is 10.2. The largest absolute Gasteiger partial charge is 0.508 e. The molecule has 0 atom stereocenters. The predicted molar refractivity (Wildman–Crippen MR) is 80.2 cm³/mol. The second-order valence-electron chi connectivity index (χ2n) is 4.36. The van der Waals surface area contributed by atoms with Crippen LogP contribution in [0.4, 0.5) is 10.5 Å². The van der Waals surface area contributed by atoms with Gasteiger partial charge in [0.25, 0.3) is 0 Å². The van der Waals surface area contributed by atoms with E-state index in [2.05, 4.69) is 5.32 Å². The highest BCUT2D eigenvalue weighted by Gasteiger charge is 2.10. The number of anilines is 1. The summed E-state index contributed by atoms with van der Waals surface area (Å²) in [4.78, 5) is 13.5. The average Bonchev–Trinajstić information content (AvgIpc) is 2.46. The highest BCUT2D eigenvalue weighted by molar-refractivity contribution is 6.30. The Labute approximate surface area is 122 Å². The molecule has 0 aliphatic heterocycles. The molecule has 0 fully saturated rings. The van der Waals surface area contributed by atoms with Crippen LogP contribution in [0.5, 0.6) is 5.75 Å². The Bertz CT molecular complexity index is 582. The number of benzene rings is 2. The second kappa shape index (κ2) is 6.30. The third-order valence-electron chi connectivity index (χ3n) is 2.90. The van der Waals surface area contributed by atoms with Crippen LogP contribution in [0.3, 0.4) is 0 Å². The Balaban J connectivity index is 1.94. The second-order valence-corrected chi connectivity index (χ2v) is 4.80. The minimum Gasteiger partial charge on any atom is -0.508 e. The zero-order chi connectivity index (χ0) is 14.5. The molecule has 2 N–H and O–H groups in total. The third kappa shape index (κ3) is 3.65. The molecular weight excluding hydrogens is 276 g/mol. The van der Waals surface area contributed by atoms with Crippen molar-refractivity contribution < 1.29 is 9.90 Å². The lowest BCUT2D eigenvalue weighted by Crippen LogP contribution is -2.36. The van der Waals surface area contributed by atoms with Crippen molar-refractivity contribution in [2.75, 3.05) is 11.9 Å². The van der Waals surface area contributed by atoms with Gasteiger partial charge in [-0.15, -0.1) is 0 Å². The van der Waals surface area contributed by atoms with Crippen molar-refractivity contribution in [3.8, 4) is 5.75 Å². The van der Waals surface area contributed by atoms with E-state index in [1.54, 1.807) is 31.3 Å². The van der Waals surface area contributed by atoms with Crippen LogP contribution >= 0.6 is 11.6 Å². The molecule has 0 heterocycles. The van der Waals surface area contributed by atoms with E-state index in [4.69, 9.17) is 11.6 Å². The van der Waals surface area contributed by atoms with E-state index in [0.29, 0.717) is 17.3 Å². The number of nitrogens with zero attached hydrogens (tertiary/aromatic N) is 1. The monoisotopic (exact) mass is 290 g/mol. The van der Waals surface area contributed by atoms with Crippen LogP contribution in [0, 0.1) is 0 Å². The molecule has 0 aliphatic carbocycles. The number of rotatable bonds is 3. The van der Waals surface area contributed by atoms with Crippen LogP contribution in [0.15, 0.2) is 48.5 Å². The molecule has 2 rings (SSSR count). The molecule has 20 heavy (non-hydrogen) atoms. The van der Waals surface area contributed by atoms with Crippen LogP contribution in [-0.2, 0) is 6.54 Å². The Hall–Kier alpha value is -2.20. The molecule has 0 radical (unpaired) electrons. The van der Waals surface area contributed by atoms with E-state index >= 15 is 0 Å². The Morgan fingerprint density at radius 1 is 1.15 bits per heavy atom. The molecule has 0 aromatic heterocycles. The van der Waals surface area contributed by atoms with Crippen LogP contribution in [-0.4, -0.2) is 18.2 Å². The first-order valence-corrected chi connectivity index (χ1v) is 6.49. The lowest BCUT2D eigenvalue weighted by molar-refractivity contribution is 0.247. The summed E-state index contributed by atoms with van der Waals surface area (Å²) in [5, 5.41) is 12.7. The zero-order valence-electron chi connectivity index (χ0n) is 11.0. The van der Waals surface area contributed by atoms with Gasteiger partial charge in [-0.25, -0.2) is 4.79 Å². The minimum atomic E-state index is -0.217. The number of hydrogen-bond acceptors (Lipinski definition) is 2. The summed E-state index contributed by atoms with van der Waals surface area (Å²) in [7, 11) is 1.67. The first kappa shape index (κ1) is 14.2. The topological polar surface area (TPSA) is 52.6 Å². The maximum atomic E-state index is 12.0. The number of carbonyl (C=O) groups excluding carboxylic acids is 1. The molecule has 2 aromatic rings. The summed E-state index contributed by atoms with van der Waals surface area (Å²) in [5.74, 6) is 0.170. The number of amides is 2. The van der Waals surface area contributed by atoms with Gasteiger partial charge in [-0.1, -0.05) is 23.7 Å². The van der Waals surface area contributed by atoms with E-state index in [0.717, 1.165) is 5.56 Å². The number of aromatic hydroxyl groups is 1. The van der Waals surface area contributed by atoms with Crippen molar-refractivity contribution in [1.29, 1.82) is 0 Å². The van der Waals surface area contributed by atoms with Crippen molar-refractivity contribution >= 4 is 23.3 Å². The number of halogens is 1. The van der Waals surface area contributed by atoms with Crippen molar-refractivity contribution in [3.05, 3.63) is 59.1 Å². The first-order valence-electron chi connectivity index (χ1n) is 6.11. The summed E-state index contributed by atoms with van der Waals surface area (Å²) in [6, 6.07) is 13.5.